The van der Waals surface area contributed by atoms with Gasteiger partial charge in [0.1, 0.15) is 11.6 Å². The van der Waals surface area contributed by atoms with Crippen LogP contribution in [-0.4, -0.2) is 45.1 Å². The summed E-state index contributed by atoms with van der Waals surface area (Å²) >= 11 is 0. The lowest BCUT2D eigenvalue weighted by Gasteiger charge is -2.22. The second kappa shape index (κ2) is 12.2. The first-order valence-corrected chi connectivity index (χ1v) is 9.96. The standard InChI is InChI=1S/C20H34O6/c1-2-3-4-7-14(21)10-11-16-17(19(24)13-18(16)23)12-15(22)8-5-6-9-20(25)26/h16-19,23-24H,2-13H2,1H3,(H,25,26)/t16-,17-,18+,19-/m1/s1. The molecule has 6 nitrogen and oxygen atoms in total. The van der Waals surface area contributed by atoms with Gasteiger partial charge in [-0.2, -0.15) is 0 Å². The first-order valence-electron chi connectivity index (χ1n) is 9.96. The number of hydrogen-bond acceptors (Lipinski definition) is 5. The van der Waals surface area contributed by atoms with E-state index in [9.17, 15) is 24.6 Å². The predicted molar refractivity (Wildman–Crippen MR) is 97.7 cm³/mol. The highest BCUT2D eigenvalue weighted by molar-refractivity contribution is 5.79. The summed E-state index contributed by atoms with van der Waals surface area (Å²) in [5.41, 5.74) is 0. The second-order valence-electron chi connectivity index (χ2n) is 7.58. The summed E-state index contributed by atoms with van der Waals surface area (Å²) in [6.45, 7) is 2.09. The largest absolute Gasteiger partial charge is 0.481 e. The van der Waals surface area contributed by atoms with Crippen molar-refractivity contribution in [1.29, 1.82) is 0 Å². The minimum Gasteiger partial charge on any atom is -0.481 e. The molecule has 1 fully saturated rings. The number of Topliss-reactive ketones (excluding diaryl/α,β-unsaturated/α-hetero) is 2. The second-order valence-corrected chi connectivity index (χ2v) is 7.58. The number of hydrogen-bond donors (Lipinski definition) is 3. The fourth-order valence-corrected chi connectivity index (χ4v) is 3.85. The molecule has 0 radical (unpaired) electrons. The molecule has 0 aromatic rings. The van der Waals surface area contributed by atoms with Crippen LogP contribution < -0.4 is 0 Å². The van der Waals surface area contributed by atoms with Crippen LogP contribution >= 0.6 is 0 Å². The third kappa shape index (κ3) is 8.41. The van der Waals surface area contributed by atoms with Crippen molar-refractivity contribution in [1.82, 2.24) is 0 Å². The molecule has 1 aliphatic carbocycles. The van der Waals surface area contributed by atoms with E-state index in [1.807, 2.05) is 0 Å². The maximum atomic E-state index is 12.1. The van der Waals surface area contributed by atoms with Gasteiger partial charge in [-0.1, -0.05) is 19.8 Å². The molecule has 6 heteroatoms. The maximum absolute atomic E-state index is 12.1. The highest BCUT2D eigenvalue weighted by Crippen LogP contribution is 2.38. The lowest BCUT2D eigenvalue weighted by atomic mass is 9.84. The number of rotatable bonds is 14. The van der Waals surface area contributed by atoms with E-state index in [0.717, 1.165) is 19.3 Å². The Morgan fingerprint density at radius 3 is 2.04 bits per heavy atom. The highest BCUT2D eigenvalue weighted by atomic mass is 16.4. The zero-order valence-electron chi connectivity index (χ0n) is 15.9. The van der Waals surface area contributed by atoms with Crippen molar-refractivity contribution in [2.45, 2.75) is 96.2 Å². The SMILES string of the molecule is CCCCCC(=O)CC[C@@H]1[C@@H](CC(=O)CCCCC(=O)O)[C@H](O)C[C@@H]1O. The highest BCUT2D eigenvalue weighted by Gasteiger charge is 2.42. The molecule has 0 aromatic carbocycles. The Kier molecular flexibility index (Phi) is 10.7. The van der Waals surface area contributed by atoms with E-state index in [0.29, 0.717) is 38.5 Å². The number of unbranched alkanes of at least 4 members (excludes halogenated alkanes) is 3. The van der Waals surface area contributed by atoms with Gasteiger partial charge in [-0.3, -0.25) is 14.4 Å². The number of aliphatic hydroxyl groups is 2. The lowest BCUT2D eigenvalue weighted by Crippen LogP contribution is -2.25. The van der Waals surface area contributed by atoms with Gasteiger partial charge < -0.3 is 15.3 Å². The maximum Gasteiger partial charge on any atom is 0.303 e. The molecule has 0 unspecified atom stereocenters. The van der Waals surface area contributed by atoms with Gasteiger partial charge in [-0.05, 0) is 43.9 Å². The van der Waals surface area contributed by atoms with E-state index >= 15 is 0 Å². The Morgan fingerprint density at radius 2 is 1.38 bits per heavy atom. The molecule has 1 rings (SSSR count). The lowest BCUT2D eigenvalue weighted by molar-refractivity contribution is -0.137. The van der Waals surface area contributed by atoms with Crippen LogP contribution in [0.5, 0.6) is 0 Å². The Balaban J connectivity index is 2.42. The molecule has 4 atom stereocenters. The summed E-state index contributed by atoms with van der Waals surface area (Å²) in [4.78, 5) is 34.6. The average Bonchev–Trinajstić information content (AvgIpc) is 2.83. The van der Waals surface area contributed by atoms with Crippen molar-refractivity contribution >= 4 is 17.5 Å². The van der Waals surface area contributed by atoms with E-state index in [2.05, 4.69) is 6.92 Å². The summed E-state index contributed by atoms with van der Waals surface area (Å²) in [7, 11) is 0. The normalized spacial score (nSPS) is 25.3. The van der Waals surface area contributed by atoms with Gasteiger partial charge in [0, 0.05) is 32.1 Å². The monoisotopic (exact) mass is 370 g/mol. The van der Waals surface area contributed by atoms with E-state index in [1.54, 1.807) is 0 Å². The van der Waals surface area contributed by atoms with Crippen LogP contribution in [0.4, 0.5) is 0 Å². The Morgan fingerprint density at radius 1 is 0.808 bits per heavy atom. The third-order valence-corrected chi connectivity index (χ3v) is 5.40. The minimum atomic E-state index is -0.865. The molecule has 0 aliphatic heterocycles. The number of carboxylic acid groups (broad SMARTS) is 1. The summed E-state index contributed by atoms with van der Waals surface area (Å²) in [6.07, 6.45) is 4.88. The van der Waals surface area contributed by atoms with Crippen molar-refractivity contribution < 1.29 is 29.7 Å². The fourth-order valence-electron chi connectivity index (χ4n) is 3.85. The van der Waals surface area contributed by atoms with E-state index in [-0.39, 0.29) is 42.7 Å². The smallest absolute Gasteiger partial charge is 0.303 e. The van der Waals surface area contributed by atoms with Crippen molar-refractivity contribution in [3.05, 3.63) is 0 Å². The van der Waals surface area contributed by atoms with Crippen LogP contribution in [0.25, 0.3) is 0 Å². The first kappa shape index (κ1) is 22.8. The zero-order valence-corrected chi connectivity index (χ0v) is 15.9. The summed E-state index contributed by atoms with van der Waals surface area (Å²) in [6, 6.07) is 0. The Hall–Kier alpha value is -1.27. The number of ketones is 2. The van der Waals surface area contributed by atoms with Crippen LogP contribution in [0.15, 0.2) is 0 Å². The first-order chi connectivity index (χ1) is 12.3. The van der Waals surface area contributed by atoms with Crippen LogP contribution in [0, 0.1) is 11.8 Å². The Bertz CT molecular complexity index is 461. The summed E-state index contributed by atoms with van der Waals surface area (Å²) in [5, 5.41) is 29.0. The van der Waals surface area contributed by atoms with E-state index in [1.165, 1.54) is 0 Å². The quantitative estimate of drug-likeness (QED) is 0.405. The molecule has 0 heterocycles. The van der Waals surface area contributed by atoms with Gasteiger partial charge in [0.15, 0.2) is 0 Å². The summed E-state index contributed by atoms with van der Waals surface area (Å²) < 4.78 is 0. The van der Waals surface area contributed by atoms with Crippen molar-refractivity contribution in [2.75, 3.05) is 0 Å². The van der Waals surface area contributed by atoms with Gasteiger partial charge in [0.2, 0.25) is 0 Å². The molecule has 0 aromatic heterocycles. The topological polar surface area (TPSA) is 112 Å². The molecular formula is C20H34O6. The molecule has 0 amide bonds. The molecule has 3 N–H and O–H groups in total. The van der Waals surface area contributed by atoms with Gasteiger partial charge in [-0.25, -0.2) is 0 Å². The fraction of sp³-hybridized carbons (Fsp3) is 0.850. The van der Waals surface area contributed by atoms with Crippen LogP contribution in [0.3, 0.4) is 0 Å². The van der Waals surface area contributed by atoms with E-state index in [4.69, 9.17) is 5.11 Å². The number of carboxylic acids is 1. The van der Waals surface area contributed by atoms with Crippen molar-refractivity contribution in [3.63, 3.8) is 0 Å². The molecule has 0 saturated heterocycles. The van der Waals surface area contributed by atoms with Crippen molar-refractivity contribution in [3.8, 4) is 0 Å². The zero-order chi connectivity index (χ0) is 19.5. The summed E-state index contributed by atoms with van der Waals surface area (Å²) in [5.74, 6) is -1.21. The molecule has 0 bridgehead atoms. The van der Waals surface area contributed by atoms with Crippen LogP contribution in [0.2, 0.25) is 0 Å². The third-order valence-electron chi connectivity index (χ3n) is 5.40. The number of aliphatic hydroxyl groups excluding tert-OH is 2. The molecule has 0 spiro atoms. The molecule has 26 heavy (non-hydrogen) atoms. The van der Waals surface area contributed by atoms with Gasteiger partial charge >= 0.3 is 5.97 Å². The number of carbonyl (C=O) groups is 3. The molecular weight excluding hydrogens is 336 g/mol. The van der Waals surface area contributed by atoms with Gasteiger partial charge in [0.25, 0.3) is 0 Å². The molecule has 1 aliphatic rings. The molecule has 150 valence electrons. The van der Waals surface area contributed by atoms with Crippen LogP contribution in [0.1, 0.15) is 84.0 Å². The average molecular weight is 370 g/mol. The molecule has 1 saturated carbocycles. The van der Waals surface area contributed by atoms with Gasteiger partial charge in [0.05, 0.1) is 12.2 Å². The Labute approximate surface area is 156 Å². The number of aliphatic carboxylic acids is 1. The minimum absolute atomic E-state index is 0.00666. The van der Waals surface area contributed by atoms with Gasteiger partial charge in [-0.15, -0.1) is 0 Å². The van der Waals surface area contributed by atoms with Crippen molar-refractivity contribution in [2.24, 2.45) is 11.8 Å². The number of carbonyl (C=O) groups excluding carboxylic acids is 2. The van der Waals surface area contributed by atoms with Crippen LogP contribution in [-0.2, 0) is 14.4 Å². The predicted octanol–water partition coefficient (Wildman–Crippen LogP) is 2.88. The van der Waals surface area contributed by atoms with E-state index < -0.39 is 18.2 Å².